The molecule has 5 heterocycles. The van der Waals surface area contributed by atoms with Gasteiger partial charge < -0.3 is 49.6 Å². The van der Waals surface area contributed by atoms with Crippen molar-refractivity contribution in [2.45, 2.75) is 0 Å². The maximum Gasteiger partial charge on any atom is 4.00 e. The van der Waals surface area contributed by atoms with E-state index in [0.717, 1.165) is 0 Å². The van der Waals surface area contributed by atoms with E-state index in [4.69, 9.17) is 9.97 Å². The Morgan fingerprint density at radius 3 is 1.00 bits per heavy atom. The molecular weight excluding hydrogens is 865 g/mol. The normalized spacial score (nSPS) is 11.5. The maximum absolute atomic E-state index is 12.7. The van der Waals surface area contributed by atoms with Gasteiger partial charge in [-0.3, -0.25) is 0 Å². The Hall–Kier alpha value is -7.23. The van der Waals surface area contributed by atoms with Crippen LogP contribution in [0.1, 0.15) is 41.4 Å². The average Bonchev–Trinajstić information content (AvgIpc) is 3.86. The SMILES string of the molecule is O=C([O-])c1c(C(=O)[O-])c(C(=O)[O-])c2c3nc4nc(nc5[nH]c(nc6nc(nc([nH]3)c2c1C(=O)[O-])-c1ccccc1-6)c1ccccc51)-c1ccccc1-4.[Ir+4]. The second-order valence-electron chi connectivity index (χ2n) is 11.6. The Balaban J connectivity index is 0.00000400. The van der Waals surface area contributed by atoms with Crippen LogP contribution in [-0.2, 0) is 20.1 Å². The third-order valence-electron chi connectivity index (χ3n) is 8.81. The van der Waals surface area contributed by atoms with Crippen molar-refractivity contribution in [3.63, 3.8) is 0 Å². The number of hydrogen-bond acceptors (Lipinski definition) is 14. The van der Waals surface area contributed by atoms with Crippen molar-refractivity contribution in [2.75, 3.05) is 0 Å². The first kappa shape index (κ1) is 32.9. The van der Waals surface area contributed by atoms with Gasteiger partial charge in [0.2, 0.25) is 0 Å². The number of aromatic amines is 2. The molecule has 17 heteroatoms. The van der Waals surface area contributed by atoms with Crippen molar-refractivity contribution in [1.82, 2.24) is 39.9 Å². The number of carboxylic acids is 4. The number of aromatic carboxylic acids is 4. The van der Waals surface area contributed by atoms with Crippen molar-refractivity contribution in [1.29, 1.82) is 0 Å². The van der Waals surface area contributed by atoms with Crippen LogP contribution in [0.3, 0.4) is 0 Å². The number of nitrogens with zero attached hydrogens (tertiary/aromatic N) is 6. The summed E-state index contributed by atoms with van der Waals surface area (Å²) in [6.07, 6.45) is 0. The number of carbonyl (C=O) groups excluding carboxylic acids is 4. The third kappa shape index (κ3) is 4.86. The summed E-state index contributed by atoms with van der Waals surface area (Å²) in [4.78, 5) is 84.3. The van der Waals surface area contributed by atoms with Crippen molar-refractivity contribution in [3.8, 4) is 45.6 Å². The summed E-state index contributed by atoms with van der Waals surface area (Å²) in [5.41, 5.74) is -3.81. The Bertz CT molecular complexity index is 2810. The molecule has 255 valence electrons. The quantitative estimate of drug-likeness (QED) is 0.241. The molecule has 0 atom stereocenters. The van der Waals surface area contributed by atoms with Gasteiger partial charge in [0.25, 0.3) is 0 Å². The zero-order chi connectivity index (χ0) is 36.0. The molecule has 3 aromatic heterocycles. The van der Waals surface area contributed by atoms with Gasteiger partial charge in [0, 0.05) is 66.1 Å². The zero-order valence-electron chi connectivity index (χ0n) is 26.2. The molecule has 16 nitrogen and oxygen atoms in total. The van der Waals surface area contributed by atoms with Crippen LogP contribution in [0.15, 0.2) is 72.8 Å². The second kappa shape index (κ2) is 11.9. The van der Waals surface area contributed by atoms with Gasteiger partial charge in [0.1, 0.15) is 22.6 Å². The number of carboxylic acid groups (broad SMARTS) is 4. The second-order valence-corrected chi connectivity index (χ2v) is 11.6. The van der Waals surface area contributed by atoms with Crippen molar-refractivity contribution < 1.29 is 59.7 Å². The molecule has 0 amide bonds. The topological polar surface area (TPSA) is 269 Å². The van der Waals surface area contributed by atoms with Crippen LogP contribution in [0.5, 0.6) is 0 Å². The smallest absolute Gasteiger partial charge is 0.545 e. The van der Waals surface area contributed by atoms with Crippen LogP contribution in [0.2, 0.25) is 0 Å². The molecule has 9 rings (SSSR count). The Morgan fingerprint density at radius 2 is 0.679 bits per heavy atom. The van der Waals surface area contributed by atoms with E-state index in [1.54, 1.807) is 48.5 Å². The number of benzene rings is 4. The predicted octanol–water partition coefficient (Wildman–Crippen LogP) is 0.321. The standard InChI is InChI=1S/C36H18N8O8.Ir/c45-33(46)21-19-20(22(34(47)48)24(36(51)52)23(21)35(49)50)32-43-30-18-12-6-4-10-16(18)28(41-30)39-26-14-8-2-1-7-13(14)25(37-26)38-27-15-9-3-5-11-17(15)29(40-27)42-31(19)44-32;/h1-12H,(H,45,46)(H,47,48)(H,49,50)(H,51,52)(H2,37,38,39,40,41,42,43,44);/q;+4/p-4. The number of hydrogen-bond donors (Lipinski definition) is 2. The van der Waals surface area contributed by atoms with E-state index in [2.05, 4.69) is 29.9 Å². The van der Waals surface area contributed by atoms with Crippen LogP contribution in [0, 0.1) is 0 Å². The van der Waals surface area contributed by atoms with Crippen molar-refractivity contribution in [2.24, 2.45) is 0 Å². The molecule has 4 aromatic carbocycles. The molecule has 2 aliphatic rings. The molecule has 0 fully saturated rings. The van der Waals surface area contributed by atoms with E-state index in [1.807, 2.05) is 24.3 Å². The Morgan fingerprint density at radius 1 is 0.396 bits per heavy atom. The number of rotatable bonds is 4. The Labute approximate surface area is 307 Å². The fraction of sp³-hybridized carbons (Fsp3) is 0. The maximum atomic E-state index is 12.7. The molecule has 0 unspecified atom stereocenters. The minimum absolute atomic E-state index is 0. The van der Waals surface area contributed by atoms with E-state index < -0.39 is 68.2 Å². The average molecular weight is 879 g/mol. The first-order chi connectivity index (χ1) is 25.1. The summed E-state index contributed by atoms with van der Waals surface area (Å²) in [6.45, 7) is 0. The third-order valence-corrected chi connectivity index (χ3v) is 8.81. The molecule has 0 spiro atoms. The largest absolute Gasteiger partial charge is 4.00 e. The van der Waals surface area contributed by atoms with Gasteiger partial charge in [-0.15, -0.1) is 0 Å². The zero-order valence-corrected chi connectivity index (χ0v) is 28.6. The minimum atomic E-state index is -2.34. The van der Waals surface area contributed by atoms with Gasteiger partial charge in [0.05, 0.1) is 23.9 Å². The van der Waals surface area contributed by atoms with Gasteiger partial charge in [-0.25, -0.2) is 29.9 Å². The van der Waals surface area contributed by atoms with Crippen LogP contribution >= 0.6 is 0 Å². The number of carbonyl (C=O) groups is 4. The number of aromatic nitrogens is 8. The van der Waals surface area contributed by atoms with Crippen LogP contribution in [0.4, 0.5) is 0 Å². The molecule has 0 saturated carbocycles. The summed E-state index contributed by atoms with van der Waals surface area (Å²) >= 11 is 0. The Kier molecular flexibility index (Phi) is 7.42. The molecule has 0 aliphatic carbocycles. The van der Waals surface area contributed by atoms with E-state index in [1.165, 1.54) is 0 Å². The predicted molar refractivity (Wildman–Crippen MR) is 173 cm³/mol. The fourth-order valence-electron chi connectivity index (χ4n) is 6.72. The minimum Gasteiger partial charge on any atom is -0.545 e. The van der Waals surface area contributed by atoms with Crippen molar-refractivity contribution in [3.05, 3.63) is 95.1 Å². The van der Waals surface area contributed by atoms with E-state index in [9.17, 15) is 39.6 Å². The van der Waals surface area contributed by atoms with Gasteiger partial charge >= 0.3 is 20.1 Å². The van der Waals surface area contributed by atoms with Crippen LogP contribution in [-0.4, -0.2) is 63.7 Å². The van der Waals surface area contributed by atoms with E-state index in [-0.39, 0.29) is 43.4 Å². The van der Waals surface area contributed by atoms with Gasteiger partial charge in [0.15, 0.2) is 23.3 Å². The molecule has 7 aromatic rings. The van der Waals surface area contributed by atoms with Gasteiger partial charge in [-0.2, -0.15) is 0 Å². The summed E-state index contributed by atoms with van der Waals surface area (Å²) in [5.74, 6) is -8.77. The first-order valence-electron chi connectivity index (χ1n) is 15.3. The molecule has 1 radical (unpaired) electrons. The number of nitrogens with one attached hydrogen (secondary N) is 2. The van der Waals surface area contributed by atoms with E-state index >= 15 is 0 Å². The molecule has 2 N–H and O–H groups in total. The molecular formula is C36H14IrN8O8. The number of H-pyrrole nitrogens is 2. The van der Waals surface area contributed by atoms with Crippen LogP contribution < -0.4 is 20.4 Å². The first-order valence-corrected chi connectivity index (χ1v) is 15.3. The van der Waals surface area contributed by atoms with Gasteiger partial charge in [-0.1, -0.05) is 72.8 Å². The summed E-state index contributed by atoms with van der Waals surface area (Å²) < 4.78 is 0. The molecule has 53 heavy (non-hydrogen) atoms. The van der Waals surface area contributed by atoms with Gasteiger partial charge in [-0.05, 0) is 0 Å². The summed E-state index contributed by atoms with van der Waals surface area (Å²) in [7, 11) is 0. The molecule has 0 saturated heterocycles. The molecule has 8 bridgehead atoms. The monoisotopic (exact) mass is 879 g/mol. The van der Waals surface area contributed by atoms with E-state index in [0.29, 0.717) is 44.3 Å². The fourth-order valence-corrected chi connectivity index (χ4v) is 6.72. The number of fused-ring (bicyclic) bond motifs is 20. The van der Waals surface area contributed by atoms with Crippen LogP contribution in [0.25, 0.3) is 89.7 Å². The molecule has 2 aliphatic heterocycles. The van der Waals surface area contributed by atoms with Crippen molar-refractivity contribution >= 4 is 68.0 Å². The summed E-state index contributed by atoms with van der Waals surface area (Å²) in [5, 5.41) is 50.3. The summed E-state index contributed by atoms with van der Waals surface area (Å²) in [6, 6.07) is 21.0.